The number of benzene rings is 1. The average Bonchev–Trinajstić information content (AvgIpc) is 2.88. The summed E-state index contributed by atoms with van der Waals surface area (Å²) in [5.41, 5.74) is 0.445. The third-order valence-corrected chi connectivity index (χ3v) is 3.00. The van der Waals surface area contributed by atoms with Crippen molar-refractivity contribution in [2.75, 3.05) is 12.3 Å². The Hall–Kier alpha value is -1.89. The van der Waals surface area contributed by atoms with Crippen LogP contribution in [0.2, 0.25) is 0 Å². The third kappa shape index (κ3) is 3.56. The molecule has 0 saturated heterocycles. The number of carbonyl (C=O) groups excluding carboxylic acids is 1. The zero-order chi connectivity index (χ0) is 12.8. The number of hydrogen-bond donors (Lipinski definition) is 2. The van der Waals surface area contributed by atoms with Gasteiger partial charge in [-0.25, -0.2) is 9.37 Å². The van der Waals surface area contributed by atoms with E-state index >= 15 is 0 Å². The molecule has 1 amide bonds. The lowest BCUT2D eigenvalue weighted by Crippen LogP contribution is -2.25. The first-order chi connectivity index (χ1) is 8.75. The molecule has 1 heterocycles. The molecule has 0 aliphatic rings. The van der Waals surface area contributed by atoms with Gasteiger partial charge in [0.15, 0.2) is 5.16 Å². The van der Waals surface area contributed by atoms with Crippen molar-refractivity contribution in [1.82, 2.24) is 20.5 Å². The maximum Gasteiger partial charge on any atom is 0.251 e. The number of hydrogen-bond acceptors (Lipinski definition) is 4. The SMILES string of the molecule is O=C(NCCSc1ncn[nH]1)c1ccc(F)cc1. The van der Waals surface area contributed by atoms with E-state index in [1.54, 1.807) is 0 Å². The molecule has 0 aliphatic carbocycles. The Balaban J connectivity index is 1.73. The monoisotopic (exact) mass is 266 g/mol. The van der Waals surface area contributed by atoms with Crippen LogP contribution in [0.3, 0.4) is 0 Å². The molecule has 0 atom stereocenters. The summed E-state index contributed by atoms with van der Waals surface area (Å²) < 4.78 is 12.7. The van der Waals surface area contributed by atoms with Crippen molar-refractivity contribution >= 4 is 17.7 Å². The molecule has 0 unspecified atom stereocenters. The second-order valence-electron chi connectivity index (χ2n) is 3.40. The molecule has 0 bridgehead atoms. The van der Waals surface area contributed by atoms with Crippen LogP contribution in [0.4, 0.5) is 4.39 Å². The van der Waals surface area contributed by atoms with Crippen molar-refractivity contribution < 1.29 is 9.18 Å². The highest BCUT2D eigenvalue weighted by Gasteiger charge is 2.04. The summed E-state index contributed by atoms with van der Waals surface area (Å²) in [5.74, 6) is 0.114. The van der Waals surface area contributed by atoms with Crippen LogP contribution in [0.1, 0.15) is 10.4 Å². The van der Waals surface area contributed by atoms with Crippen LogP contribution in [-0.2, 0) is 0 Å². The molecule has 94 valence electrons. The number of nitrogens with zero attached hydrogens (tertiary/aromatic N) is 2. The summed E-state index contributed by atoms with van der Waals surface area (Å²) in [6.45, 7) is 0.502. The van der Waals surface area contributed by atoms with Gasteiger partial charge in [0.2, 0.25) is 0 Å². The van der Waals surface area contributed by atoms with Gasteiger partial charge in [-0.2, -0.15) is 5.10 Å². The summed E-state index contributed by atoms with van der Waals surface area (Å²) in [4.78, 5) is 15.6. The topological polar surface area (TPSA) is 70.7 Å². The Labute approximate surface area is 107 Å². The number of aromatic nitrogens is 3. The molecular formula is C11H11FN4OS. The van der Waals surface area contributed by atoms with E-state index in [1.807, 2.05) is 0 Å². The lowest BCUT2D eigenvalue weighted by Gasteiger charge is -2.03. The summed E-state index contributed by atoms with van der Waals surface area (Å²) in [7, 11) is 0. The van der Waals surface area contributed by atoms with E-state index in [1.165, 1.54) is 42.4 Å². The number of aromatic amines is 1. The summed E-state index contributed by atoms with van der Waals surface area (Å²) in [6, 6.07) is 5.43. The molecule has 0 aliphatic heterocycles. The van der Waals surface area contributed by atoms with Crippen molar-refractivity contribution in [1.29, 1.82) is 0 Å². The third-order valence-electron chi connectivity index (χ3n) is 2.13. The van der Waals surface area contributed by atoms with E-state index in [9.17, 15) is 9.18 Å². The van der Waals surface area contributed by atoms with E-state index in [0.29, 0.717) is 23.0 Å². The Morgan fingerprint density at radius 2 is 2.17 bits per heavy atom. The number of nitrogens with one attached hydrogen (secondary N) is 2. The van der Waals surface area contributed by atoms with Crippen molar-refractivity contribution in [2.24, 2.45) is 0 Å². The van der Waals surface area contributed by atoms with Crippen molar-refractivity contribution in [2.45, 2.75) is 5.16 Å². The Morgan fingerprint density at radius 3 is 2.83 bits per heavy atom. The molecule has 0 fully saturated rings. The summed E-state index contributed by atoms with van der Waals surface area (Å²) in [5, 5.41) is 9.87. The van der Waals surface area contributed by atoms with Gasteiger partial charge in [-0.05, 0) is 24.3 Å². The molecule has 0 spiro atoms. The molecule has 0 saturated carbocycles. The van der Waals surface area contributed by atoms with Crippen LogP contribution in [0.25, 0.3) is 0 Å². The van der Waals surface area contributed by atoms with Crippen molar-refractivity contribution in [3.8, 4) is 0 Å². The van der Waals surface area contributed by atoms with Gasteiger partial charge in [0.25, 0.3) is 5.91 Å². The van der Waals surface area contributed by atoms with E-state index in [-0.39, 0.29) is 11.7 Å². The van der Waals surface area contributed by atoms with Gasteiger partial charge in [-0.3, -0.25) is 9.89 Å². The first-order valence-corrected chi connectivity index (χ1v) is 6.26. The fourth-order valence-corrected chi connectivity index (χ4v) is 1.92. The standard InChI is InChI=1S/C11H11FN4OS/c12-9-3-1-8(2-4-9)10(17)13-5-6-18-11-14-7-15-16-11/h1-4,7H,5-6H2,(H,13,17)(H,14,15,16). The number of carbonyl (C=O) groups is 1. The first-order valence-electron chi connectivity index (χ1n) is 5.27. The summed E-state index contributed by atoms with van der Waals surface area (Å²) >= 11 is 1.46. The zero-order valence-corrected chi connectivity index (χ0v) is 10.2. The molecule has 2 N–H and O–H groups in total. The van der Waals surface area contributed by atoms with Crippen LogP contribution in [0, 0.1) is 5.82 Å². The highest BCUT2D eigenvalue weighted by molar-refractivity contribution is 7.99. The van der Waals surface area contributed by atoms with Crippen LogP contribution >= 0.6 is 11.8 Å². The molecule has 2 aromatic rings. The fraction of sp³-hybridized carbons (Fsp3) is 0.182. The van der Waals surface area contributed by atoms with Crippen LogP contribution in [0.15, 0.2) is 35.7 Å². The van der Waals surface area contributed by atoms with Gasteiger partial charge >= 0.3 is 0 Å². The van der Waals surface area contributed by atoms with Gasteiger partial charge in [-0.15, -0.1) is 0 Å². The number of rotatable bonds is 5. The zero-order valence-electron chi connectivity index (χ0n) is 9.39. The minimum absolute atomic E-state index is 0.215. The summed E-state index contributed by atoms with van der Waals surface area (Å²) in [6.07, 6.45) is 1.43. The quantitative estimate of drug-likeness (QED) is 0.635. The molecule has 2 rings (SSSR count). The van der Waals surface area contributed by atoms with Gasteiger partial charge < -0.3 is 5.32 Å². The highest BCUT2D eigenvalue weighted by atomic mass is 32.2. The Morgan fingerprint density at radius 1 is 1.39 bits per heavy atom. The maximum atomic E-state index is 12.7. The number of thioether (sulfide) groups is 1. The second-order valence-corrected chi connectivity index (χ2v) is 4.49. The van der Waals surface area contributed by atoms with Crippen molar-refractivity contribution in [3.05, 3.63) is 42.0 Å². The smallest absolute Gasteiger partial charge is 0.251 e. The first kappa shape index (κ1) is 12.6. The number of amides is 1. The predicted molar refractivity (Wildman–Crippen MR) is 65.8 cm³/mol. The molecule has 5 nitrogen and oxygen atoms in total. The van der Waals surface area contributed by atoms with Crippen molar-refractivity contribution in [3.63, 3.8) is 0 Å². The van der Waals surface area contributed by atoms with Gasteiger partial charge in [0, 0.05) is 17.9 Å². The minimum Gasteiger partial charge on any atom is -0.351 e. The number of halogens is 1. The van der Waals surface area contributed by atoms with E-state index < -0.39 is 0 Å². The maximum absolute atomic E-state index is 12.7. The van der Waals surface area contributed by atoms with E-state index in [4.69, 9.17) is 0 Å². The normalized spacial score (nSPS) is 10.3. The molecule has 1 aromatic carbocycles. The van der Waals surface area contributed by atoms with E-state index in [0.717, 1.165) is 0 Å². The van der Waals surface area contributed by atoms with Gasteiger partial charge in [-0.1, -0.05) is 11.8 Å². The lowest BCUT2D eigenvalue weighted by molar-refractivity contribution is 0.0956. The molecule has 1 aromatic heterocycles. The minimum atomic E-state index is -0.354. The molecule has 0 radical (unpaired) electrons. The Kier molecular flexibility index (Phi) is 4.30. The lowest BCUT2D eigenvalue weighted by atomic mass is 10.2. The fourth-order valence-electron chi connectivity index (χ4n) is 1.28. The van der Waals surface area contributed by atoms with Crippen LogP contribution < -0.4 is 5.32 Å². The molecular weight excluding hydrogens is 255 g/mol. The van der Waals surface area contributed by atoms with Crippen LogP contribution in [0.5, 0.6) is 0 Å². The number of H-pyrrole nitrogens is 1. The van der Waals surface area contributed by atoms with E-state index in [2.05, 4.69) is 20.5 Å². The highest BCUT2D eigenvalue weighted by Crippen LogP contribution is 2.09. The van der Waals surface area contributed by atoms with Crippen LogP contribution in [-0.4, -0.2) is 33.4 Å². The predicted octanol–water partition coefficient (Wildman–Crippen LogP) is 1.47. The Bertz CT molecular complexity index is 500. The largest absolute Gasteiger partial charge is 0.351 e. The molecule has 18 heavy (non-hydrogen) atoms. The van der Waals surface area contributed by atoms with Gasteiger partial charge in [0.1, 0.15) is 12.1 Å². The average molecular weight is 266 g/mol. The second kappa shape index (κ2) is 6.15. The molecule has 7 heteroatoms. The van der Waals surface area contributed by atoms with Gasteiger partial charge in [0.05, 0.1) is 0 Å².